The van der Waals surface area contributed by atoms with Crippen LogP contribution in [0.3, 0.4) is 0 Å². The molecule has 1 fully saturated rings. The molecule has 1 amide bonds. The van der Waals surface area contributed by atoms with Crippen LogP contribution in [0.4, 0.5) is 0 Å². The molecule has 12 heteroatoms. The van der Waals surface area contributed by atoms with Gasteiger partial charge in [-0.2, -0.15) is 14.4 Å². The molecule has 11 nitrogen and oxygen atoms in total. The number of aromatic nitrogens is 6. The van der Waals surface area contributed by atoms with Crippen LogP contribution in [0, 0.1) is 27.7 Å². The molecule has 1 saturated heterocycles. The first-order valence-corrected chi connectivity index (χ1v) is 11.5. The highest BCUT2D eigenvalue weighted by molar-refractivity contribution is 7.89. The second kappa shape index (κ2) is 7.68. The normalized spacial score (nSPS) is 16.1. The van der Waals surface area contributed by atoms with Gasteiger partial charge in [0.1, 0.15) is 4.90 Å². The van der Waals surface area contributed by atoms with Crippen molar-refractivity contribution in [2.24, 2.45) is 7.05 Å². The van der Waals surface area contributed by atoms with Crippen LogP contribution >= 0.6 is 0 Å². The highest BCUT2D eigenvalue weighted by atomic mass is 32.2. The molecule has 1 aliphatic heterocycles. The molecule has 0 aromatic carbocycles. The largest absolute Gasteiger partial charge is 0.334 e. The Balaban J connectivity index is 1.55. The SMILES string of the molecule is Cc1cc(C)n2nc(C(=O)N3CCCN(S(=O)(=O)c4c(C)nn(C)c4C)CC3)nc2n1. The summed E-state index contributed by atoms with van der Waals surface area (Å²) in [5.41, 5.74) is 2.71. The van der Waals surface area contributed by atoms with Crippen LogP contribution in [0.25, 0.3) is 5.78 Å². The molecule has 3 aromatic heterocycles. The average Bonchev–Trinajstić information content (AvgIpc) is 3.10. The van der Waals surface area contributed by atoms with Crippen LogP contribution in [0.15, 0.2) is 11.0 Å². The van der Waals surface area contributed by atoms with Crippen LogP contribution in [-0.4, -0.2) is 79.1 Å². The van der Waals surface area contributed by atoms with E-state index in [1.165, 1.54) is 4.31 Å². The number of carbonyl (C=O) groups excluding carboxylic acids is 1. The zero-order valence-corrected chi connectivity index (χ0v) is 19.1. The number of sulfonamides is 1. The smallest absolute Gasteiger partial charge is 0.293 e. The molecule has 31 heavy (non-hydrogen) atoms. The molecule has 0 aliphatic carbocycles. The van der Waals surface area contributed by atoms with E-state index in [2.05, 4.69) is 20.2 Å². The van der Waals surface area contributed by atoms with E-state index < -0.39 is 10.0 Å². The predicted octanol–water partition coefficient (Wildman–Crippen LogP) is 0.628. The Morgan fingerprint density at radius 1 is 1.00 bits per heavy atom. The molecule has 0 saturated carbocycles. The number of hydrogen-bond donors (Lipinski definition) is 0. The number of carbonyl (C=O) groups is 1. The molecule has 0 radical (unpaired) electrons. The molecule has 0 unspecified atom stereocenters. The van der Waals surface area contributed by atoms with Gasteiger partial charge in [0.2, 0.25) is 15.8 Å². The fraction of sp³-hybridized carbons (Fsp3) is 0.526. The summed E-state index contributed by atoms with van der Waals surface area (Å²) in [5, 5.41) is 8.54. The second-order valence-electron chi connectivity index (χ2n) is 7.86. The van der Waals surface area contributed by atoms with E-state index in [0.29, 0.717) is 36.7 Å². The van der Waals surface area contributed by atoms with Gasteiger partial charge in [0.25, 0.3) is 11.7 Å². The molecule has 0 spiro atoms. The maximum Gasteiger partial charge on any atom is 0.293 e. The van der Waals surface area contributed by atoms with Gasteiger partial charge in [0, 0.05) is 44.6 Å². The lowest BCUT2D eigenvalue weighted by molar-refractivity contribution is 0.0752. The summed E-state index contributed by atoms with van der Waals surface area (Å²) in [4.78, 5) is 23.5. The second-order valence-corrected chi connectivity index (χ2v) is 9.73. The molecule has 166 valence electrons. The maximum absolute atomic E-state index is 13.3. The maximum atomic E-state index is 13.3. The third-order valence-corrected chi connectivity index (χ3v) is 7.74. The molecular formula is C19H26N8O3S. The van der Waals surface area contributed by atoms with Crippen LogP contribution in [0.2, 0.25) is 0 Å². The van der Waals surface area contributed by atoms with Crippen molar-refractivity contribution in [3.63, 3.8) is 0 Å². The Labute approximate surface area is 180 Å². The minimum Gasteiger partial charge on any atom is -0.334 e. The lowest BCUT2D eigenvalue weighted by Gasteiger charge is -2.21. The van der Waals surface area contributed by atoms with Crippen molar-refractivity contribution in [2.75, 3.05) is 26.2 Å². The van der Waals surface area contributed by atoms with Gasteiger partial charge in [-0.15, -0.1) is 5.10 Å². The van der Waals surface area contributed by atoms with E-state index in [4.69, 9.17) is 0 Å². The molecule has 0 bridgehead atoms. The fourth-order valence-corrected chi connectivity index (χ4v) is 5.86. The van der Waals surface area contributed by atoms with E-state index in [1.807, 2.05) is 19.9 Å². The monoisotopic (exact) mass is 446 g/mol. The molecular weight excluding hydrogens is 420 g/mol. The number of aryl methyl sites for hydroxylation is 4. The van der Waals surface area contributed by atoms with Crippen molar-refractivity contribution >= 4 is 21.7 Å². The molecule has 1 aliphatic rings. The first-order valence-electron chi connectivity index (χ1n) is 10.1. The zero-order chi connectivity index (χ0) is 22.5. The van der Waals surface area contributed by atoms with Crippen molar-refractivity contribution in [1.82, 2.24) is 38.6 Å². The molecule has 4 heterocycles. The van der Waals surface area contributed by atoms with Crippen LogP contribution < -0.4 is 0 Å². The molecule has 0 N–H and O–H groups in total. The summed E-state index contributed by atoms with van der Waals surface area (Å²) in [7, 11) is -1.98. The third-order valence-electron chi connectivity index (χ3n) is 5.59. The minimum atomic E-state index is -3.70. The number of nitrogens with zero attached hydrogens (tertiary/aromatic N) is 8. The van der Waals surface area contributed by atoms with Gasteiger partial charge in [-0.05, 0) is 40.2 Å². The number of rotatable bonds is 3. The Hall–Kier alpha value is -2.86. The number of hydrogen-bond acceptors (Lipinski definition) is 7. The number of fused-ring (bicyclic) bond motifs is 1. The quantitative estimate of drug-likeness (QED) is 0.579. The van der Waals surface area contributed by atoms with Crippen molar-refractivity contribution in [2.45, 2.75) is 39.0 Å². The summed E-state index contributed by atoms with van der Waals surface area (Å²) >= 11 is 0. The predicted molar refractivity (Wildman–Crippen MR) is 112 cm³/mol. The minimum absolute atomic E-state index is 0.0662. The summed E-state index contributed by atoms with van der Waals surface area (Å²) in [5.74, 6) is 0.120. The van der Waals surface area contributed by atoms with E-state index in [1.54, 1.807) is 35.0 Å². The van der Waals surface area contributed by atoms with E-state index in [-0.39, 0.29) is 29.7 Å². The van der Waals surface area contributed by atoms with Crippen LogP contribution in [-0.2, 0) is 17.1 Å². The number of amides is 1. The van der Waals surface area contributed by atoms with Gasteiger partial charge >= 0.3 is 0 Å². The summed E-state index contributed by atoms with van der Waals surface area (Å²) < 4.78 is 31.1. The van der Waals surface area contributed by atoms with Crippen LogP contribution in [0.1, 0.15) is 39.8 Å². The standard InChI is InChI=1S/C19H26N8O3S/c1-12-11-13(2)27-19(20-12)21-17(23-27)18(28)25-7-6-8-26(10-9-25)31(29,30)16-14(3)22-24(5)15(16)4/h11H,6-10H2,1-5H3. The fourth-order valence-electron chi connectivity index (χ4n) is 3.99. The Bertz CT molecular complexity index is 1280. The Morgan fingerprint density at radius 2 is 1.74 bits per heavy atom. The van der Waals surface area contributed by atoms with Gasteiger partial charge < -0.3 is 4.90 Å². The zero-order valence-electron chi connectivity index (χ0n) is 18.3. The van der Waals surface area contributed by atoms with Gasteiger partial charge in [0.05, 0.1) is 11.4 Å². The van der Waals surface area contributed by atoms with Crippen molar-refractivity contribution in [3.8, 4) is 0 Å². The summed E-state index contributed by atoms with van der Waals surface area (Å²) in [6, 6.07) is 1.87. The van der Waals surface area contributed by atoms with E-state index >= 15 is 0 Å². The Morgan fingerprint density at radius 3 is 2.42 bits per heavy atom. The highest BCUT2D eigenvalue weighted by Gasteiger charge is 2.33. The molecule has 4 rings (SSSR count). The van der Waals surface area contributed by atoms with E-state index in [0.717, 1.165) is 11.4 Å². The van der Waals surface area contributed by atoms with Crippen molar-refractivity contribution in [1.29, 1.82) is 0 Å². The van der Waals surface area contributed by atoms with Gasteiger partial charge in [0.15, 0.2) is 0 Å². The van der Waals surface area contributed by atoms with E-state index in [9.17, 15) is 13.2 Å². The average molecular weight is 447 g/mol. The molecule has 3 aromatic rings. The van der Waals surface area contributed by atoms with Gasteiger partial charge in [-0.25, -0.2) is 17.9 Å². The lowest BCUT2D eigenvalue weighted by atomic mass is 10.4. The van der Waals surface area contributed by atoms with Crippen molar-refractivity contribution < 1.29 is 13.2 Å². The van der Waals surface area contributed by atoms with Gasteiger partial charge in [-0.3, -0.25) is 9.48 Å². The summed E-state index contributed by atoms with van der Waals surface area (Å²) in [6.07, 6.45) is 0.521. The van der Waals surface area contributed by atoms with Crippen LogP contribution in [0.5, 0.6) is 0 Å². The van der Waals surface area contributed by atoms with Crippen molar-refractivity contribution in [3.05, 3.63) is 34.7 Å². The summed E-state index contributed by atoms with van der Waals surface area (Å²) in [6.45, 7) is 8.40. The Kier molecular flexibility index (Phi) is 5.30. The molecule has 0 atom stereocenters. The topological polar surface area (TPSA) is 119 Å². The first-order chi connectivity index (χ1) is 14.6. The third kappa shape index (κ3) is 3.69. The first kappa shape index (κ1) is 21.4. The lowest BCUT2D eigenvalue weighted by Crippen LogP contribution is -2.38. The van der Waals surface area contributed by atoms with Gasteiger partial charge in [-0.1, -0.05) is 0 Å². The highest BCUT2D eigenvalue weighted by Crippen LogP contribution is 2.24.